The van der Waals surface area contributed by atoms with Gasteiger partial charge in [-0.1, -0.05) is 17.7 Å². The summed E-state index contributed by atoms with van der Waals surface area (Å²) >= 11 is 0. The monoisotopic (exact) mass is 552 g/mol. The number of aryl methyl sites for hydroxylation is 1. The number of aliphatic carboxylic acids is 1. The van der Waals surface area contributed by atoms with Crippen molar-refractivity contribution in [3.8, 4) is 11.3 Å². The van der Waals surface area contributed by atoms with Crippen molar-refractivity contribution in [3.05, 3.63) is 72.1 Å². The number of aromatic nitrogens is 3. The van der Waals surface area contributed by atoms with Gasteiger partial charge in [0.2, 0.25) is 0 Å². The second-order valence-corrected chi connectivity index (χ2v) is 12.2. The smallest absolute Gasteiger partial charge is 0.308 e. The molecule has 0 aliphatic heterocycles. The molecule has 3 aliphatic carbocycles. The lowest BCUT2D eigenvalue weighted by molar-refractivity contribution is -0.148. The molecule has 0 saturated heterocycles. The first-order valence-corrected chi connectivity index (χ1v) is 14.2. The van der Waals surface area contributed by atoms with Gasteiger partial charge in [-0.05, 0) is 74.8 Å². The minimum Gasteiger partial charge on any atom is -0.481 e. The lowest BCUT2D eigenvalue weighted by Gasteiger charge is -2.47. The van der Waals surface area contributed by atoms with E-state index in [1.165, 1.54) is 30.5 Å². The largest absolute Gasteiger partial charge is 0.481 e. The van der Waals surface area contributed by atoms with E-state index < -0.39 is 39.6 Å². The number of carboxylic acid groups (broad SMARTS) is 1. The summed E-state index contributed by atoms with van der Waals surface area (Å²) in [6.45, 7) is 1.84. The number of hydrogen-bond donors (Lipinski definition) is 2. The lowest BCUT2D eigenvalue weighted by atomic mass is 9.61. The maximum Gasteiger partial charge on any atom is 0.308 e. The summed E-state index contributed by atoms with van der Waals surface area (Å²) in [6, 6.07) is 9.56. The number of nitrogens with one attached hydrogen (secondary N) is 1. The van der Waals surface area contributed by atoms with E-state index in [0.29, 0.717) is 0 Å². The van der Waals surface area contributed by atoms with E-state index in [2.05, 4.69) is 15.3 Å². The van der Waals surface area contributed by atoms with Gasteiger partial charge < -0.3 is 10.4 Å². The number of anilines is 1. The molecule has 3 fully saturated rings. The van der Waals surface area contributed by atoms with Crippen molar-refractivity contribution in [2.75, 3.05) is 5.32 Å². The van der Waals surface area contributed by atoms with Gasteiger partial charge in [-0.15, -0.1) is 0 Å². The second kappa shape index (κ2) is 9.41. The molecule has 0 spiro atoms. The molecule has 39 heavy (non-hydrogen) atoms. The quantitative estimate of drug-likeness (QED) is 0.337. The summed E-state index contributed by atoms with van der Waals surface area (Å²) in [6.07, 6.45) is 5.64. The molecule has 0 amide bonds. The number of nitrogens with zero attached hydrogens (tertiary/aromatic N) is 3. The van der Waals surface area contributed by atoms with Crippen LogP contribution >= 0.6 is 0 Å². The molecule has 3 heterocycles. The Hall–Kier alpha value is -3.86. The van der Waals surface area contributed by atoms with E-state index in [9.17, 15) is 27.1 Å². The Balaban J connectivity index is 1.44. The van der Waals surface area contributed by atoms with Crippen LogP contribution in [0.5, 0.6) is 0 Å². The van der Waals surface area contributed by atoms with Crippen LogP contribution in [-0.2, 0) is 14.8 Å². The van der Waals surface area contributed by atoms with E-state index in [0.717, 1.165) is 47.5 Å². The Morgan fingerprint density at radius 1 is 1.05 bits per heavy atom. The van der Waals surface area contributed by atoms with Gasteiger partial charge in [-0.25, -0.2) is 31.1 Å². The highest BCUT2D eigenvalue weighted by atomic mass is 32.2. The maximum atomic E-state index is 15.0. The number of carboxylic acids is 1. The molecular weight excluding hydrogens is 526 g/mol. The number of hydrogen-bond acceptors (Lipinski definition) is 6. The summed E-state index contributed by atoms with van der Waals surface area (Å²) in [7, 11) is -4.10. The van der Waals surface area contributed by atoms with Crippen LogP contribution in [0.1, 0.15) is 31.2 Å². The highest BCUT2D eigenvalue weighted by Gasteiger charge is 2.47. The molecule has 1 aromatic carbocycles. The topological polar surface area (TPSA) is 114 Å². The molecule has 2 N–H and O–H groups in total. The fraction of sp³-hybridized carbons (Fsp3) is 0.321. The molecule has 0 radical (unpaired) electrons. The fourth-order valence-corrected chi connectivity index (χ4v) is 7.45. The fourth-order valence-electron chi connectivity index (χ4n) is 6.13. The van der Waals surface area contributed by atoms with Crippen molar-refractivity contribution in [1.82, 2.24) is 13.9 Å². The second-order valence-electron chi connectivity index (χ2n) is 10.4. The van der Waals surface area contributed by atoms with Gasteiger partial charge in [0, 0.05) is 23.2 Å². The number of pyridine rings is 2. The van der Waals surface area contributed by atoms with Gasteiger partial charge in [0.15, 0.2) is 17.3 Å². The Bertz CT molecular complexity index is 1700. The van der Waals surface area contributed by atoms with Crippen molar-refractivity contribution in [3.63, 3.8) is 0 Å². The molecule has 3 saturated carbocycles. The molecule has 4 aromatic rings. The number of rotatable bonds is 6. The highest BCUT2D eigenvalue weighted by molar-refractivity contribution is 7.90. The van der Waals surface area contributed by atoms with Crippen LogP contribution in [0.3, 0.4) is 0 Å². The number of benzene rings is 1. The molecule has 0 unspecified atom stereocenters. The zero-order valence-electron chi connectivity index (χ0n) is 21.0. The predicted octanol–water partition coefficient (Wildman–Crippen LogP) is 5.22. The third-order valence-corrected chi connectivity index (χ3v) is 9.75. The Morgan fingerprint density at radius 2 is 1.74 bits per heavy atom. The van der Waals surface area contributed by atoms with E-state index in [-0.39, 0.29) is 44.8 Å². The minimum absolute atomic E-state index is 0.00291. The lowest BCUT2D eigenvalue weighted by Crippen LogP contribution is -2.51. The number of halogens is 2. The van der Waals surface area contributed by atoms with E-state index in [1.807, 2.05) is 6.92 Å². The van der Waals surface area contributed by atoms with E-state index in [1.54, 1.807) is 12.1 Å². The normalized spacial score (nSPS) is 22.7. The SMILES string of the molecule is Cc1ccc(S(=O)(=O)n2cc(-c3ccc(F)c(N[C@@H]4C5CCC(CC5)[C@H]4C(=O)O)n3)c3cc(F)cnc32)cc1. The molecule has 11 heteroatoms. The van der Waals surface area contributed by atoms with Gasteiger partial charge >= 0.3 is 5.97 Å². The molecule has 8 nitrogen and oxygen atoms in total. The Labute approximate surface area is 223 Å². The first-order valence-electron chi connectivity index (χ1n) is 12.8. The standard InChI is InChI=1S/C28H26F2N4O4S/c1-15-2-8-19(9-3-15)39(37,38)34-14-21(20-12-18(29)13-31-27(20)34)23-11-10-22(30)26(32-23)33-25-17-6-4-16(5-7-17)24(25)28(35)36/h2-3,8-14,16-17,24-25H,4-7H2,1H3,(H,32,33)(H,35,36)/t16?,17?,24-,25-/m1/s1. The minimum atomic E-state index is -4.10. The molecule has 2 atom stereocenters. The summed E-state index contributed by atoms with van der Waals surface area (Å²) in [5.41, 5.74) is 1.33. The van der Waals surface area contributed by atoms with Crippen LogP contribution in [0.4, 0.5) is 14.6 Å². The third kappa shape index (κ3) is 4.34. The molecule has 202 valence electrons. The van der Waals surface area contributed by atoms with Crippen LogP contribution in [0.2, 0.25) is 0 Å². The van der Waals surface area contributed by atoms with Crippen molar-refractivity contribution < 1.29 is 27.1 Å². The van der Waals surface area contributed by atoms with E-state index >= 15 is 0 Å². The Morgan fingerprint density at radius 3 is 2.44 bits per heavy atom. The molecule has 3 aliphatic rings. The van der Waals surface area contributed by atoms with Crippen LogP contribution in [0, 0.1) is 36.3 Å². The molecular formula is C28H26F2N4O4S. The van der Waals surface area contributed by atoms with Gasteiger partial charge in [0.05, 0.1) is 22.7 Å². The molecule has 7 rings (SSSR count). The van der Waals surface area contributed by atoms with Crippen LogP contribution in [0.15, 0.2) is 59.8 Å². The molecule has 3 aromatic heterocycles. The summed E-state index contributed by atoms with van der Waals surface area (Å²) < 4.78 is 57.3. The average Bonchev–Trinajstić information content (AvgIpc) is 3.30. The van der Waals surface area contributed by atoms with Gasteiger partial charge in [-0.2, -0.15) is 0 Å². The zero-order chi connectivity index (χ0) is 27.5. The van der Waals surface area contributed by atoms with Crippen molar-refractivity contribution in [2.24, 2.45) is 17.8 Å². The Kier molecular flexibility index (Phi) is 6.13. The number of fused-ring (bicyclic) bond motifs is 4. The first-order chi connectivity index (χ1) is 18.6. The van der Waals surface area contributed by atoms with E-state index in [4.69, 9.17) is 0 Å². The summed E-state index contributed by atoms with van der Waals surface area (Å²) in [5, 5.41) is 13.1. The van der Waals surface area contributed by atoms with Crippen LogP contribution in [0.25, 0.3) is 22.3 Å². The summed E-state index contributed by atoms with van der Waals surface area (Å²) in [4.78, 5) is 20.6. The highest BCUT2D eigenvalue weighted by Crippen LogP contribution is 2.46. The zero-order valence-corrected chi connectivity index (χ0v) is 21.8. The molecule has 2 bridgehead atoms. The van der Waals surface area contributed by atoms with Crippen molar-refractivity contribution in [1.29, 1.82) is 0 Å². The van der Waals surface area contributed by atoms with Crippen molar-refractivity contribution >= 4 is 32.8 Å². The van der Waals surface area contributed by atoms with Crippen molar-refractivity contribution in [2.45, 2.75) is 43.5 Å². The van der Waals surface area contributed by atoms with Crippen LogP contribution < -0.4 is 5.32 Å². The summed E-state index contributed by atoms with van der Waals surface area (Å²) in [5.74, 6) is -2.91. The van der Waals surface area contributed by atoms with Gasteiger partial charge in [0.25, 0.3) is 10.0 Å². The van der Waals surface area contributed by atoms with Crippen LogP contribution in [-0.4, -0.2) is 39.5 Å². The average molecular weight is 553 g/mol. The third-order valence-electron chi connectivity index (χ3n) is 8.09. The van der Waals surface area contributed by atoms with Gasteiger partial charge in [-0.3, -0.25) is 4.79 Å². The first kappa shape index (κ1) is 25.4. The predicted molar refractivity (Wildman–Crippen MR) is 141 cm³/mol. The maximum absolute atomic E-state index is 15.0. The van der Waals surface area contributed by atoms with Gasteiger partial charge in [0.1, 0.15) is 5.82 Å². The number of carbonyl (C=O) groups is 1.